The first-order chi connectivity index (χ1) is 7.63. The summed E-state index contributed by atoms with van der Waals surface area (Å²) in [6.07, 6.45) is 2.59. The van der Waals surface area contributed by atoms with Gasteiger partial charge in [-0.15, -0.1) is 0 Å². The number of hydrogen-bond donors (Lipinski definition) is 1. The minimum atomic E-state index is -0.521. The molecule has 0 aliphatic rings. The molecule has 0 amide bonds. The number of anilines is 1. The van der Waals surface area contributed by atoms with Crippen molar-refractivity contribution in [1.29, 1.82) is 0 Å². The van der Waals surface area contributed by atoms with Gasteiger partial charge in [-0.05, 0) is 18.4 Å². The Balaban J connectivity index is 2.57. The van der Waals surface area contributed by atoms with Gasteiger partial charge >= 0.3 is 5.97 Å². The smallest absolute Gasteiger partial charge is 0.376 e. The number of carbonyl (C=O) groups is 1. The first kappa shape index (κ1) is 12.4. The third kappa shape index (κ3) is 3.84. The third-order valence-electron chi connectivity index (χ3n) is 2.05. The van der Waals surface area contributed by atoms with Crippen LogP contribution in [0.2, 0.25) is 0 Å². The maximum atomic E-state index is 11.2. The Morgan fingerprint density at radius 3 is 2.94 bits per heavy atom. The fourth-order valence-corrected chi connectivity index (χ4v) is 1.14. The van der Waals surface area contributed by atoms with Gasteiger partial charge in [0.1, 0.15) is 5.82 Å². The summed E-state index contributed by atoms with van der Waals surface area (Å²) < 4.78 is 4.54. The third-order valence-corrected chi connectivity index (χ3v) is 2.05. The van der Waals surface area contributed by atoms with E-state index in [0.29, 0.717) is 11.7 Å². The molecule has 0 aromatic carbocycles. The standard InChI is InChI=1S/C11H17N3O2/c1-8(2)4-6-12-9-5-7-13-10(14-9)11(15)16-3/h5,7-8H,4,6H2,1-3H3,(H,12,13,14). The van der Waals surface area contributed by atoms with Crippen LogP contribution in [0, 0.1) is 5.92 Å². The summed E-state index contributed by atoms with van der Waals surface area (Å²) in [6.45, 7) is 5.14. The van der Waals surface area contributed by atoms with Crippen molar-refractivity contribution in [2.45, 2.75) is 20.3 Å². The van der Waals surface area contributed by atoms with Gasteiger partial charge in [-0.1, -0.05) is 13.8 Å². The topological polar surface area (TPSA) is 64.1 Å². The number of aromatic nitrogens is 2. The van der Waals surface area contributed by atoms with E-state index in [1.54, 1.807) is 6.07 Å². The summed E-state index contributed by atoms with van der Waals surface area (Å²) in [5.74, 6) is 0.843. The van der Waals surface area contributed by atoms with Crippen molar-refractivity contribution >= 4 is 11.8 Å². The molecule has 0 radical (unpaired) electrons. The molecule has 1 N–H and O–H groups in total. The molecule has 0 spiro atoms. The highest BCUT2D eigenvalue weighted by Crippen LogP contribution is 2.05. The van der Waals surface area contributed by atoms with E-state index in [1.165, 1.54) is 13.3 Å². The molecule has 0 atom stereocenters. The molecule has 0 aliphatic carbocycles. The van der Waals surface area contributed by atoms with E-state index in [9.17, 15) is 4.79 Å². The average Bonchev–Trinajstić information content (AvgIpc) is 2.28. The lowest BCUT2D eigenvalue weighted by Gasteiger charge is -2.07. The Morgan fingerprint density at radius 1 is 1.56 bits per heavy atom. The number of ether oxygens (including phenoxy) is 1. The molecular weight excluding hydrogens is 206 g/mol. The van der Waals surface area contributed by atoms with Gasteiger partial charge in [-0.2, -0.15) is 0 Å². The minimum Gasteiger partial charge on any atom is -0.463 e. The van der Waals surface area contributed by atoms with Crippen molar-refractivity contribution in [2.24, 2.45) is 5.92 Å². The molecule has 1 rings (SSSR count). The number of hydrogen-bond acceptors (Lipinski definition) is 5. The van der Waals surface area contributed by atoms with E-state index in [-0.39, 0.29) is 5.82 Å². The number of nitrogens with zero attached hydrogens (tertiary/aromatic N) is 2. The predicted molar refractivity (Wildman–Crippen MR) is 61.3 cm³/mol. The fraction of sp³-hybridized carbons (Fsp3) is 0.545. The second-order valence-electron chi connectivity index (χ2n) is 3.87. The predicted octanol–water partition coefficient (Wildman–Crippen LogP) is 1.72. The van der Waals surface area contributed by atoms with Crippen molar-refractivity contribution in [1.82, 2.24) is 9.97 Å². The second-order valence-corrected chi connectivity index (χ2v) is 3.87. The van der Waals surface area contributed by atoms with Crippen LogP contribution in [0.15, 0.2) is 12.3 Å². The van der Waals surface area contributed by atoms with Crippen molar-refractivity contribution < 1.29 is 9.53 Å². The van der Waals surface area contributed by atoms with Crippen molar-refractivity contribution in [2.75, 3.05) is 19.0 Å². The molecule has 0 bridgehead atoms. The Morgan fingerprint density at radius 2 is 2.31 bits per heavy atom. The molecular formula is C11H17N3O2. The van der Waals surface area contributed by atoms with Crippen LogP contribution < -0.4 is 5.32 Å². The van der Waals surface area contributed by atoms with E-state index in [1.807, 2.05) is 0 Å². The van der Waals surface area contributed by atoms with E-state index in [2.05, 4.69) is 33.9 Å². The summed E-state index contributed by atoms with van der Waals surface area (Å²) in [5, 5.41) is 3.14. The van der Waals surface area contributed by atoms with Crippen LogP contribution in [0.3, 0.4) is 0 Å². The number of rotatable bonds is 5. The van der Waals surface area contributed by atoms with Gasteiger partial charge < -0.3 is 10.1 Å². The highest BCUT2D eigenvalue weighted by molar-refractivity contribution is 5.85. The van der Waals surface area contributed by atoms with E-state index >= 15 is 0 Å². The van der Waals surface area contributed by atoms with E-state index in [4.69, 9.17) is 0 Å². The first-order valence-electron chi connectivity index (χ1n) is 5.28. The molecule has 0 fully saturated rings. The molecule has 16 heavy (non-hydrogen) atoms. The molecule has 1 heterocycles. The van der Waals surface area contributed by atoms with Gasteiger partial charge in [0, 0.05) is 12.7 Å². The summed E-state index contributed by atoms with van der Waals surface area (Å²) in [5.41, 5.74) is 0. The summed E-state index contributed by atoms with van der Waals surface area (Å²) in [7, 11) is 1.31. The van der Waals surface area contributed by atoms with E-state index in [0.717, 1.165) is 13.0 Å². The van der Waals surface area contributed by atoms with Gasteiger partial charge in [0.25, 0.3) is 0 Å². The number of carbonyl (C=O) groups excluding carboxylic acids is 1. The molecule has 5 heteroatoms. The lowest BCUT2D eigenvalue weighted by atomic mass is 10.1. The minimum absolute atomic E-state index is 0.0806. The molecule has 0 aliphatic heterocycles. The zero-order valence-electron chi connectivity index (χ0n) is 9.86. The zero-order valence-corrected chi connectivity index (χ0v) is 9.86. The Labute approximate surface area is 95.3 Å². The quantitative estimate of drug-likeness (QED) is 0.770. The van der Waals surface area contributed by atoms with Gasteiger partial charge in [-0.3, -0.25) is 0 Å². The second kappa shape index (κ2) is 6.05. The zero-order chi connectivity index (χ0) is 12.0. The summed E-state index contributed by atoms with van der Waals surface area (Å²) in [6, 6.07) is 1.73. The Hall–Kier alpha value is -1.65. The molecule has 1 aromatic heterocycles. The normalized spacial score (nSPS) is 10.2. The molecule has 0 saturated heterocycles. The van der Waals surface area contributed by atoms with Gasteiger partial charge in [0.2, 0.25) is 5.82 Å². The van der Waals surface area contributed by atoms with Gasteiger partial charge in [0.05, 0.1) is 7.11 Å². The molecule has 0 unspecified atom stereocenters. The largest absolute Gasteiger partial charge is 0.463 e. The highest BCUT2D eigenvalue weighted by atomic mass is 16.5. The van der Waals surface area contributed by atoms with Crippen molar-refractivity contribution in [3.8, 4) is 0 Å². The van der Waals surface area contributed by atoms with Gasteiger partial charge in [0.15, 0.2) is 0 Å². The monoisotopic (exact) mass is 223 g/mol. The summed E-state index contributed by atoms with van der Waals surface area (Å²) >= 11 is 0. The van der Waals surface area contributed by atoms with Crippen molar-refractivity contribution in [3.63, 3.8) is 0 Å². The van der Waals surface area contributed by atoms with Crippen LogP contribution in [0.25, 0.3) is 0 Å². The average molecular weight is 223 g/mol. The van der Waals surface area contributed by atoms with Crippen LogP contribution in [0.1, 0.15) is 30.9 Å². The van der Waals surface area contributed by atoms with Crippen LogP contribution >= 0.6 is 0 Å². The fourth-order valence-electron chi connectivity index (χ4n) is 1.14. The number of nitrogens with one attached hydrogen (secondary N) is 1. The highest BCUT2D eigenvalue weighted by Gasteiger charge is 2.09. The van der Waals surface area contributed by atoms with E-state index < -0.39 is 5.97 Å². The molecule has 5 nitrogen and oxygen atoms in total. The maximum Gasteiger partial charge on any atom is 0.376 e. The molecule has 1 aromatic rings. The first-order valence-corrected chi connectivity index (χ1v) is 5.28. The van der Waals surface area contributed by atoms with Crippen LogP contribution in [-0.4, -0.2) is 29.6 Å². The van der Waals surface area contributed by atoms with Crippen LogP contribution in [0.5, 0.6) is 0 Å². The molecule has 88 valence electrons. The lowest BCUT2D eigenvalue weighted by Crippen LogP contribution is -2.11. The van der Waals surface area contributed by atoms with Crippen LogP contribution in [-0.2, 0) is 4.74 Å². The summed E-state index contributed by atoms with van der Waals surface area (Å²) in [4.78, 5) is 19.0. The van der Waals surface area contributed by atoms with Crippen molar-refractivity contribution in [3.05, 3.63) is 18.1 Å². The number of esters is 1. The molecule has 0 saturated carbocycles. The SMILES string of the molecule is COC(=O)c1nccc(NCCC(C)C)n1. The lowest BCUT2D eigenvalue weighted by molar-refractivity contribution is 0.0587. The van der Waals surface area contributed by atoms with Gasteiger partial charge in [-0.25, -0.2) is 14.8 Å². The Bertz CT molecular complexity index is 353. The maximum absolute atomic E-state index is 11.2. The number of methoxy groups -OCH3 is 1. The van der Waals surface area contributed by atoms with Crippen LogP contribution in [0.4, 0.5) is 5.82 Å². The Kier molecular flexibility index (Phi) is 4.69.